The number of hydrogen-bond acceptors (Lipinski definition) is 4. The zero-order valence-corrected chi connectivity index (χ0v) is 12.5. The largest absolute Gasteiger partial charge is 0.478 e. The van der Waals surface area contributed by atoms with Crippen molar-refractivity contribution in [2.75, 3.05) is 0 Å². The lowest BCUT2D eigenvalue weighted by molar-refractivity contribution is 0.0175. The molecule has 5 nitrogen and oxygen atoms in total. The van der Waals surface area contributed by atoms with E-state index in [-0.39, 0.29) is 22.8 Å². The molecule has 24 heavy (non-hydrogen) atoms. The SMILES string of the molecule is CC(F)(F)c1ccc(-c2nc(-c3ccc(C(=O)O)cc3)no2)cc1. The second-order valence-corrected chi connectivity index (χ2v) is 5.27. The van der Waals surface area contributed by atoms with Gasteiger partial charge in [0.1, 0.15) is 0 Å². The van der Waals surface area contributed by atoms with Crippen molar-refractivity contribution in [2.45, 2.75) is 12.8 Å². The van der Waals surface area contributed by atoms with Crippen LogP contribution < -0.4 is 0 Å². The summed E-state index contributed by atoms with van der Waals surface area (Å²) in [4.78, 5) is 15.0. The smallest absolute Gasteiger partial charge is 0.335 e. The van der Waals surface area contributed by atoms with Crippen LogP contribution >= 0.6 is 0 Å². The number of benzene rings is 2. The van der Waals surface area contributed by atoms with Gasteiger partial charge in [-0.15, -0.1) is 0 Å². The van der Waals surface area contributed by atoms with Gasteiger partial charge in [0.2, 0.25) is 5.82 Å². The maximum Gasteiger partial charge on any atom is 0.335 e. The first-order valence-corrected chi connectivity index (χ1v) is 7.01. The Morgan fingerprint density at radius 1 is 1.04 bits per heavy atom. The summed E-state index contributed by atoms with van der Waals surface area (Å²) >= 11 is 0. The van der Waals surface area contributed by atoms with Crippen molar-refractivity contribution in [1.82, 2.24) is 10.1 Å². The van der Waals surface area contributed by atoms with Crippen LogP contribution in [0, 0.1) is 0 Å². The molecule has 3 aromatic rings. The van der Waals surface area contributed by atoms with Crippen molar-refractivity contribution in [1.29, 1.82) is 0 Å². The molecule has 0 radical (unpaired) electrons. The third kappa shape index (κ3) is 3.15. The quantitative estimate of drug-likeness (QED) is 0.775. The number of aromatic carboxylic acids is 1. The Morgan fingerprint density at radius 3 is 2.17 bits per heavy atom. The van der Waals surface area contributed by atoms with Gasteiger partial charge in [-0.3, -0.25) is 0 Å². The van der Waals surface area contributed by atoms with Crippen LogP contribution in [0.25, 0.3) is 22.8 Å². The minimum atomic E-state index is -2.91. The van der Waals surface area contributed by atoms with Gasteiger partial charge in [-0.25, -0.2) is 13.6 Å². The molecule has 0 amide bonds. The molecule has 0 saturated carbocycles. The Hall–Kier alpha value is -3.09. The third-order valence-corrected chi connectivity index (χ3v) is 3.45. The Balaban J connectivity index is 1.86. The van der Waals surface area contributed by atoms with Crippen LogP contribution in [-0.2, 0) is 5.92 Å². The number of carboxylic acid groups (broad SMARTS) is 1. The molecular weight excluding hydrogens is 318 g/mol. The number of rotatable bonds is 4. The highest BCUT2D eigenvalue weighted by Gasteiger charge is 2.24. The summed E-state index contributed by atoms with van der Waals surface area (Å²) in [5.41, 5.74) is 1.16. The molecule has 0 bridgehead atoms. The fraction of sp³-hybridized carbons (Fsp3) is 0.118. The Labute approximate surface area is 135 Å². The number of aromatic nitrogens is 2. The highest BCUT2D eigenvalue weighted by atomic mass is 19.3. The molecule has 0 aliphatic rings. The van der Waals surface area contributed by atoms with Crippen molar-refractivity contribution in [3.05, 3.63) is 59.7 Å². The van der Waals surface area contributed by atoms with Crippen molar-refractivity contribution in [3.63, 3.8) is 0 Å². The molecule has 1 aromatic heterocycles. The predicted octanol–water partition coefficient (Wildman–Crippen LogP) is 4.21. The second kappa shape index (κ2) is 5.84. The monoisotopic (exact) mass is 330 g/mol. The molecule has 0 fully saturated rings. The third-order valence-electron chi connectivity index (χ3n) is 3.45. The molecule has 0 atom stereocenters. The number of carbonyl (C=O) groups is 1. The van der Waals surface area contributed by atoms with Gasteiger partial charge >= 0.3 is 5.97 Å². The van der Waals surface area contributed by atoms with Gasteiger partial charge in [0, 0.05) is 23.6 Å². The molecule has 7 heteroatoms. The molecule has 2 aromatic carbocycles. The van der Waals surface area contributed by atoms with Gasteiger partial charge in [-0.1, -0.05) is 29.4 Å². The van der Waals surface area contributed by atoms with Gasteiger partial charge in [0.05, 0.1) is 5.56 Å². The van der Waals surface area contributed by atoms with Crippen LogP contribution in [0.5, 0.6) is 0 Å². The average Bonchev–Trinajstić information content (AvgIpc) is 3.04. The fourth-order valence-electron chi connectivity index (χ4n) is 2.13. The molecule has 0 aliphatic heterocycles. The van der Waals surface area contributed by atoms with E-state index in [2.05, 4.69) is 10.1 Å². The van der Waals surface area contributed by atoms with E-state index in [4.69, 9.17) is 9.63 Å². The maximum absolute atomic E-state index is 13.2. The number of carboxylic acids is 1. The Morgan fingerprint density at radius 2 is 1.62 bits per heavy atom. The maximum atomic E-state index is 13.2. The van der Waals surface area contributed by atoms with Crippen LogP contribution in [0.4, 0.5) is 8.78 Å². The summed E-state index contributed by atoms with van der Waals surface area (Å²) in [6.07, 6.45) is 0. The first kappa shape index (κ1) is 15.8. The van der Waals surface area contributed by atoms with Crippen LogP contribution in [0.1, 0.15) is 22.8 Å². The van der Waals surface area contributed by atoms with E-state index < -0.39 is 11.9 Å². The molecule has 122 valence electrons. The lowest BCUT2D eigenvalue weighted by atomic mass is 10.1. The molecule has 0 saturated heterocycles. The molecular formula is C17H12F2N2O3. The van der Waals surface area contributed by atoms with Crippen LogP contribution in [0.3, 0.4) is 0 Å². The zero-order chi connectivity index (χ0) is 17.3. The predicted molar refractivity (Wildman–Crippen MR) is 81.7 cm³/mol. The highest BCUT2D eigenvalue weighted by molar-refractivity contribution is 5.88. The molecule has 0 unspecified atom stereocenters. The number of nitrogens with zero attached hydrogens (tertiary/aromatic N) is 2. The molecule has 0 aliphatic carbocycles. The number of hydrogen-bond donors (Lipinski definition) is 1. The molecule has 1 N–H and O–H groups in total. The van der Waals surface area contributed by atoms with Crippen LogP contribution in [0.2, 0.25) is 0 Å². The zero-order valence-electron chi connectivity index (χ0n) is 12.5. The standard InChI is InChI=1S/C17H12F2N2O3/c1-17(18,19)13-8-6-11(7-9-13)15-20-14(21-24-15)10-2-4-12(5-3-10)16(22)23/h2-9H,1H3,(H,22,23). The summed E-state index contributed by atoms with van der Waals surface area (Å²) in [5, 5.41) is 12.7. The van der Waals surface area contributed by atoms with E-state index in [0.717, 1.165) is 6.92 Å². The highest BCUT2D eigenvalue weighted by Crippen LogP contribution is 2.29. The summed E-state index contributed by atoms with van der Waals surface area (Å²) in [6.45, 7) is 0.827. The Kier molecular flexibility index (Phi) is 3.84. The van der Waals surface area contributed by atoms with E-state index in [9.17, 15) is 13.6 Å². The summed E-state index contributed by atoms with van der Waals surface area (Å²) < 4.78 is 31.6. The molecule has 0 spiro atoms. The molecule has 3 rings (SSSR count). The topological polar surface area (TPSA) is 76.2 Å². The van der Waals surface area contributed by atoms with Gasteiger partial charge in [-0.2, -0.15) is 4.98 Å². The number of alkyl halides is 2. The van der Waals surface area contributed by atoms with Crippen molar-refractivity contribution < 1.29 is 23.2 Å². The van der Waals surface area contributed by atoms with Crippen LogP contribution in [0.15, 0.2) is 53.1 Å². The van der Waals surface area contributed by atoms with Gasteiger partial charge < -0.3 is 9.63 Å². The van der Waals surface area contributed by atoms with E-state index in [0.29, 0.717) is 11.1 Å². The lowest BCUT2D eigenvalue weighted by Gasteiger charge is -2.09. The van der Waals surface area contributed by atoms with E-state index in [1.807, 2.05) is 0 Å². The van der Waals surface area contributed by atoms with E-state index in [1.165, 1.54) is 36.4 Å². The first-order chi connectivity index (χ1) is 11.3. The summed E-state index contributed by atoms with van der Waals surface area (Å²) in [6, 6.07) is 11.6. The second-order valence-electron chi connectivity index (χ2n) is 5.27. The van der Waals surface area contributed by atoms with Crippen molar-refractivity contribution in [3.8, 4) is 22.8 Å². The van der Waals surface area contributed by atoms with E-state index in [1.54, 1.807) is 12.1 Å². The number of halogens is 2. The first-order valence-electron chi connectivity index (χ1n) is 7.01. The fourth-order valence-corrected chi connectivity index (χ4v) is 2.13. The Bertz CT molecular complexity index is 866. The van der Waals surface area contributed by atoms with E-state index >= 15 is 0 Å². The lowest BCUT2D eigenvalue weighted by Crippen LogP contribution is -2.06. The summed E-state index contributed by atoms with van der Waals surface area (Å²) in [7, 11) is 0. The van der Waals surface area contributed by atoms with Gasteiger partial charge in [-0.05, 0) is 24.3 Å². The van der Waals surface area contributed by atoms with Crippen molar-refractivity contribution >= 4 is 5.97 Å². The van der Waals surface area contributed by atoms with Crippen molar-refractivity contribution in [2.24, 2.45) is 0 Å². The molecule has 1 heterocycles. The van der Waals surface area contributed by atoms with Gasteiger partial charge in [0.15, 0.2) is 0 Å². The average molecular weight is 330 g/mol. The van der Waals surface area contributed by atoms with Gasteiger partial charge in [0.25, 0.3) is 11.8 Å². The van der Waals surface area contributed by atoms with Crippen LogP contribution in [-0.4, -0.2) is 21.2 Å². The minimum absolute atomic E-state index is 0.102. The minimum Gasteiger partial charge on any atom is -0.478 e. The summed E-state index contributed by atoms with van der Waals surface area (Å²) in [5.74, 6) is -3.46. The normalized spacial score (nSPS) is 11.5.